The highest BCUT2D eigenvalue weighted by Crippen LogP contribution is 2.29. The molecule has 8 heteroatoms. The molecule has 1 saturated carbocycles. The van der Waals surface area contributed by atoms with E-state index in [2.05, 4.69) is 36.6 Å². The average Bonchev–Trinajstić information content (AvgIpc) is 2.80. The third-order valence-corrected chi connectivity index (χ3v) is 6.29. The van der Waals surface area contributed by atoms with Crippen molar-refractivity contribution in [2.24, 2.45) is 5.92 Å². The first-order chi connectivity index (χ1) is 9.29. The van der Waals surface area contributed by atoms with Crippen molar-refractivity contribution < 1.29 is 18.3 Å². The van der Waals surface area contributed by atoms with Gasteiger partial charge in [0.2, 0.25) is 10.0 Å². The average molecular weight is 427 g/mol. The molecule has 1 aromatic rings. The maximum absolute atomic E-state index is 12.3. The minimum atomic E-state index is -3.67. The molecule has 20 heavy (non-hydrogen) atoms. The first kappa shape index (κ1) is 15.9. The highest BCUT2D eigenvalue weighted by atomic mass is 79.9. The number of carboxylic acid groups (broad SMARTS) is 1. The number of carbonyl (C=O) groups is 1. The lowest BCUT2D eigenvalue weighted by atomic mass is 10.1. The standard InChI is InChI=1S/C12H13Br2NO4S/c13-8-2-4-10(14)11(6-8)20(18,19)15-9-3-1-7(5-9)12(16)17/h2,4,6-7,9,15H,1,3,5H2,(H,16,17)/t7-,9+/m1/s1. The van der Waals surface area contributed by atoms with E-state index >= 15 is 0 Å². The Hall–Kier alpha value is -0.440. The lowest BCUT2D eigenvalue weighted by Crippen LogP contribution is -2.33. The lowest BCUT2D eigenvalue weighted by Gasteiger charge is -2.14. The predicted molar refractivity (Wildman–Crippen MR) is 80.9 cm³/mol. The van der Waals surface area contributed by atoms with Gasteiger partial charge in [0.25, 0.3) is 0 Å². The van der Waals surface area contributed by atoms with Crippen molar-refractivity contribution in [1.29, 1.82) is 0 Å². The number of hydrogen-bond donors (Lipinski definition) is 2. The highest BCUT2D eigenvalue weighted by Gasteiger charge is 2.33. The third kappa shape index (κ3) is 3.60. The van der Waals surface area contributed by atoms with Crippen LogP contribution < -0.4 is 4.72 Å². The van der Waals surface area contributed by atoms with Gasteiger partial charge in [0, 0.05) is 15.0 Å². The molecular formula is C12H13Br2NO4S. The Bertz CT molecular complexity index is 632. The van der Waals surface area contributed by atoms with Crippen LogP contribution in [0.5, 0.6) is 0 Å². The fraction of sp³-hybridized carbons (Fsp3) is 0.417. The van der Waals surface area contributed by atoms with Crippen LogP contribution in [0.25, 0.3) is 0 Å². The van der Waals surface area contributed by atoms with E-state index in [0.717, 1.165) is 0 Å². The maximum atomic E-state index is 12.3. The number of benzene rings is 1. The van der Waals surface area contributed by atoms with Crippen molar-refractivity contribution in [2.45, 2.75) is 30.2 Å². The van der Waals surface area contributed by atoms with Crippen molar-refractivity contribution in [1.82, 2.24) is 4.72 Å². The zero-order valence-electron chi connectivity index (χ0n) is 10.3. The van der Waals surface area contributed by atoms with Gasteiger partial charge in [0.05, 0.1) is 10.8 Å². The van der Waals surface area contributed by atoms with Crippen molar-refractivity contribution in [3.63, 3.8) is 0 Å². The molecule has 0 aliphatic heterocycles. The first-order valence-corrected chi connectivity index (χ1v) is 9.06. The molecule has 0 spiro atoms. The van der Waals surface area contributed by atoms with Crippen LogP contribution in [0.4, 0.5) is 0 Å². The van der Waals surface area contributed by atoms with Gasteiger partial charge in [-0.1, -0.05) is 15.9 Å². The topological polar surface area (TPSA) is 83.5 Å². The van der Waals surface area contributed by atoms with Gasteiger partial charge in [0.15, 0.2) is 0 Å². The summed E-state index contributed by atoms with van der Waals surface area (Å²) in [6.45, 7) is 0. The Labute approximate surface area is 134 Å². The fourth-order valence-electron chi connectivity index (χ4n) is 2.28. The lowest BCUT2D eigenvalue weighted by molar-refractivity contribution is -0.141. The number of rotatable bonds is 4. The molecular weight excluding hydrogens is 414 g/mol. The molecule has 0 saturated heterocycles. The summed E-state index contributed by atoms with van der Waals surface area (Å²) in [5.41, 5.74) is 0. The summed E-state index contributed by atoms with van der Waals surface area (Å²) in [6, 6.07) is 4.56. The van der Waals surface area contributed by atoms with Crippen molar-refractivity contribution in [3.8, 4) is 0 Å². The molecule has 1 aromatic carbocycles. The van der Waals surface area contributed by atoms with Crippen LogP contribution in [0.1, 0.15) is 19.3 Å². The summed E-state index contributed by atoms with van der Waals surface area (Å²) < 4.78 is 28.4. The molecule has 1 fully saturated rings. The molecule has 110 valence electrons. The van der Waals surface area contributed by atoms with Gasteiger partial charge in [-0.3, -0.25) is 4.79 Å². The number of hydrogen-bond acceptors (Lipinski definition) is 3. The summed E-state index contributed by atoms with van der Waals surface area (Å²) in [6.07, 6.45) is 1.38. The number of nitrogens with one attached hydrogen (secondary N) is 1. The smallest absolute Gasteiger partial charge is 0.306 e. The van der Waals surface area contributed by atoms with Crippen LogP contribution in [0.15, 0.2) is 32.0 Å². The Balaban J connectivity index is 2.16. The summed E-state index contributed by atoms with van der Waals surface area (Å²) in [4.78, 5) is 11.0. The van der Waals surface area contributed by atoms with Gasteiger partial charge in [-0.2, -0.15) is 0 Å². The van der Waals surface area contributed by atoms with Crippen LogP contribution in [0.3, 0.4) is 0 Å². The molecule has 0 amide bonds. The quantitative estimate of drug-likeness (QED) is 0.775. The van der Waals surface area contributed by atoms with E-state index in [1.165, 1.54) is 6.07 Å². The molecule has 2 rings (SSSR count). The van der Waals surface area contributed by atoms with E-state index < -0.39 is 21.9 Å². The molecule has 0 bridgehead atoms. The number of aliphatic carboxylic acids is 1. The summed E-state index contributed by atoms with van der Waals surface area (Å²) in [7, 11) is -3.67. The van der Waals surface area contributed by atoms with E-state index in [1.807, 2.05) is 0 Å². The molecule has 0 radical (unpaired) electrons. The second-order valence-corrected chi connectivity index (χ2v) is 8.19. The van der Waals surface area contributed by atoms with Gasteiger partial charge >= 0.3 is 5.97 Å². The second-order valence-electron chi connectivity index (χ2n) is 4.74. The Kier molecular flexibility index (Phi) is 4.88. The Morgan fingerprint density at radius 3 is 2.60 bits per heavy atom. The molecule has 0 aromatic heterocycles. The largest absolute Gasteiger partial charge is 0.481 e. The first-order valence-electron chi connectivity index (χ1n) is 6.00. The minimum Gasteiger partial charge on any atom is -0.481 e. The summed E-state index contributed by atoms with van der Waals surface area (Å²) in [5.74, 6) is -1.33. The third-order valence-electron chi connectivity index (χ3n) is 3.29. The molecule has 1 aliphatic carbocycles. The SMILES string of the molecule is O=C(O)[C@@H]1CC[C@H](NS(=O)(=O)c2cc(Br)ccc2Br)C1. The number of halogens is 2. The normalized spacial score (nSPS) is 22.9. The van der Waals surface area contributed by atoms with Crippen molar-refractivity contribution in [2.75, 3.05) is 0 Å². The van der Waals surface area contributed by atoms with Crippen LogP contribution in [-0.2, 0) is 14.8 Å². The van der Waals surface area contributed by atoms with E-state index in [1.54, 1.807) is 12.1 Å². The molecule has 5 nitrogen and oxygen atoms in total. The summed E-state index contributed by atoms with van der Waals surface area (Å²) >= 11 is 6.46. The number of carboxylic acids is 1. The van der Waals surface area contributed by atoms with Gasteiger partial charge in [-0.15, -0.1) is 0 Å². The van der Waals surface area contributed by atoms with Crippen LogP contribution in [0, 0.1) is 5.92 Å². The van der Waals surface area contributed by atoms with Crippen molar-refractivity contribution in [3.05, 3.63) is 27.1 Å². The van der Waals surface area contributed by atoms with E-state index in [9.17, 15) is 13.2 Å². The zero-order chi connectivity index (χ0) is 14.9. The molecule has 2 N–H and O–H groups in total. The van der Waals surface area contributed by atoms with Gasteiger partial charge < -0.3 is 5.11 Å². The number of sulfonamides is 1. The van der Waals surface area contributed by atoms with Crippen LogP contribution >= 0.6 is 31.9 Å². The Morgan fingerprint density at radius 2 is 2.00 bits per heavy atom. The van der Waals surface area contributed by atoms with Gasteiger partial charge in [0.1, 0.15) is 0 Å². The van der Waals surface area contributed by atoms with Gasteiger partial charge in [-0.25, -0.2) is 13.1 Å². The van der Waals surface area contributed by atoms with Gasteiger partial charge in [-0.05, 0) is 53.4 Å². The van der Waals surface area contributed by atoms with E-state index in [-0.39, 0.29) is 10.9 Å². The minimum absolute atomic E-state index is 0.144. The van der Waals surface area contributed by atoms with E-state index in [4.69, 9.17) is 5.11 Å². The molecule has 0 heterocycles. The highest BCUT2D eigenvalue weighted by molar-refractivity contribution is 9.11. The maximum Gasteiger partial charge on any atom is 0.306 e. The van der Waals surface area contributed by atoms with Crippen LogP contribution in [0.2, 0.25) is 0 Å². The monoisotopic (exact) mass is 425 g/mol. The second kappa shape index (κ2) is 6.13. The van der Waals surface area contributed by atoms with Crippen molar-refractivity contribution >= 4 is 47.9 Å². The summed E-state index contributed by atoms with van der Waals surface area (Å²) in [5, 5.41) is 8.94. The Morgan fingerprint density at radius 1 is 1.30 bits per heavy atom. The predicted octanol–water partition coefficient (Wildman–Crippen LogP) is 2.74. The fourth-order valence-corrected chi connectivity index (χ4v) is 5.06. The molecule has 1 aliphatic rings. The molecule has 0 unspecified atom stereocenters. The van der Waals surface area contributed by atoms with E-state index in [0.29, 0.717) is 28.2 Å². The molecule has 2 atom stereocenters. The van der Waals surface area contributed by atoms with Crippen LogP contribution in [-0.4, -0.2) is 25.5 Å². The zero-order valence-corrected chi connectivity index (χ0v) is 14.3.